The molecule has 0 heterocycles. The standard InChI is InChI=1S/C8H13F3N2O/c1-3-4-6(2)13-7(14)12-5-8(9,10)11/h3,6H,1,4-5H2,2H3,(H2,12,13,14). The predicted octanol–water partition coefficient (Wildman–Crippen LogP) is 1.81. The van der Waals surface area contributed by atoms with Crippen LogP contribution in [0.15, 0.2) is 12.7 Å². The van der Waals surface area contributed by atoms with Crippen LogP contribution in [0.4, 0.5) is 18.0 Å². The lowest BCUT2D eigenvalue weighted by molar-refractivity contribution is -0.122. The Kier molecular flexibility index (Phi) is 5.04. The largest absolute Gasteiger partial charge is 0.405 e. The Balaban J connectivity index is 3.70. The third-order valence-corrected chi connectivity index (χ3v) is 1.35. The van der Waals surface area contributed by atoms with E-state index in [0.29, 0.717) is 6.42 Å². The summed E-state index contributed by atoms with van der Waals surface area (Å²) in [7, 11) is 0. The molecule has 1 atom stereocenters. The Morgan fingerprint density at radius 1 is 1.57 bits per heavy atom. The van der Waals surface area contributed by atoms with Gasteiger partial charge in [-0.15, -0.1) is 6.58 Å². The van der Waals surface area contributed by atoms with Gasteiger partial charge in [0.15, 0.2) is 0 Å². The van der Waals surface area contributed by atoms with Crippen LogP contribution in [0.5, 0.6) is 0 Å². The van der Waals surface area contributed by atoms with E-state index < -0.39 is 18.8 Å². The van der Waals surface area contributed by atoms with E-state index in [9.17, 15) is 18.0 Å². The maximum Gasteiger partial charge on any atom is 0.405 e. The number of hydrogen-bond acceptors (Lipinski definition) is 1. The predicted molar refractivity (Wildman–Crippen MR) is 46.9 cm³/mol. The Bertz CT molecular complexity index is 203. The lowest BCUT2D eigenvalue weighted by Gasteiger charge is -2.13. The van der Waals surface area contributed by atoms with Gasteiger partial charge in [-0.1, -0.05) is 6.08 Å². The van der Waals surface area contributed by atoms with Gasteiger partial charge in [-0.3, -0.25) is 0 Å². The Morgan fingerprint density at radius 3 is 2.57 bits per heavy atom. The number of carbonyl (C=O) groups is 1. The topological polar surface area (TPSA) is 41.1 Å². The fraction of sp³-hybridized carbons (Fsp3) is 0.625. The summed E-state index contributed by atoms with van der Waals surface area (Å²) in [5.41, 5.74) is 0. The fourth-order valence-electron chi connectivity index (χ4n) is 0.764. The summed E-state index contributed by atoms with van der Waals surface area (Å²) in [6.07, 6.45) is -2.28. The molecule has 0 saturated carbocycles. The first-order chi connectivity index (χ1) is 6.35. The molecule has 2 amide bonds. The lowest BCUT2D eigenvalue weighted by Crippen LogP contribution is -2.44. The number of urea groups is 1. The summed E-state index contributed by atoms with van der Waals surface area (Å²) in [4.78, 5) is 10.8. The van der Waals surface area contributed by atoms with Gasteiger partial charge in [0.1, 0.15) is 6.54 Å². The molecule has 82 valence electrons. The number of carbonyl (C=O) groups excluding carboxylic acids is 1. The average Bonchev–Trinajstić information content (AvgIpc) is 2.00. The number of alkyl halides is 3. The van der Waals surface area contributed by atoms with Crippen molar-refractivity contribution in [1.82, 2.24) is 10.6 Å². The van der Waals surface area contributed by atoms with Gasteiger partial charge in [0.2, 0.25) is 0 Å². The third kappa shape index (κ3) is 7.45. The van der Waals surface area contributed by atoms with Crippen molar-refractivity contribution in [2.75, 3.05) is 6.54 Å². The number of amides is 2. The molecule has 0 bridgehead atoms. The van der Waals surface area contributed by atoms with Crippen LogP contribution >= 0.6 is 0 Å². The van der Waals surface area contributed by atoms with Gasteiger partial charge < -0.3 is 10.6 Å². The monoisotopic (exact) mass is 210 g/mol. The molecular weight excluding hydrogens is 197 g/mol. The molecule has 0 aliphatic carbocycles. The first-order valence-corrected chi connectivity index (χ1v) is 4.07. The molecule has 0 spiro atoms. The van der Waals surface area contributed by atoms with E-state index in [1.54, 1.807) is 18.3 Å². The van der Waals surface area contributed by atoms with Crippen LogP contribution in [0.3, 0.4) is 0 Å². The van der Waals surface area contributed by atoms with Gasteiger partial charge in [-0.25, -0.2) is 4.79 Å². The molecule has 1 unspecified atom stereocenters. The van der Waals surface area contributed by atoms with Crippen LogP contribution < -0.4 is 10.6 Å². The minimum absolute atomic E-state index is 0.222. The van der Waals surface area contributed by atoms with Gasteiger partial charge >= 0.3 is 12.2 Å². The van der Waals surface area contributed by atoms with Crippen molar-refractivity contribution in [3.05, 3.63) is 12.7 Å². The molecule has 0 fully saturated rings. The van der Waals surface area contributed by atoms with Crippen LogP contribution in [-0.4, -0.2) is 24.8 Å². The van der Waals surface area contributed by atoms with E-state index in [4.69, 9.17) is 0 Å². The first-order valence-electron chi connectivity index (χ1n) is 4.07. The Hall–Kier alpha value is -1.20. The number of halogens is 3. The van der Waals surface area contributed by atoms with Gasteiger partial charge in [-0.2, -0.15) is 13.2 Å². The van der Waals surface area contributed by atoms with Crippen molar-refractivity contribution < 1.29 is 18.0 Å². The molecule has 0 aliphatic heterocycles. The number of hydrogen-bond donors (Lipinski definition) is 2. The van der Waals surface area contributed by atoms with Crippen LogP contribution in [0.2, 0.25) is 0 Å². The zero-order valence-electron chi connectivity index (χ0n) is 7.82. The number of rotatable bonds is 4. The minimum Gasteiger partial charge on any atom is -0.335 e. The molecule has 2 N–H and O–H groups in total. The molecule has 0 aromatic carbocycles. The summed E-state index contributed by atoms with van der Waals surface area (Å²) in [5, 5.41) is 4.03. The van der Waals surface area contributed by atoms with E-state index >= 15 is 0 Å². The summed E-state index contributed by atoms with van der Waals surface area (Å²) < 4.78 is 34.9. The lowest BCUT2D eigenvalue weighted by atomic mass is 10.2. The van der Waals surface area contributed by atoms with Crippen LogP contribution in [0, 0.1) is 0 Å². The first kappa shape index (κ1) is 12.8. The molecule has 0 saturated heterocycles. The minimum atomic E-state index is -4.38. The molecule has 0 aromatic heterocycles. The van der Waals surface area contributed by atoms with E-state index in [1.807, 2.05) is 0 Å². The maximum absolute atomic E-state index is 11.6. The fourth-order valence-corrected chi connectivity index (χ4v) is 0.764. The van der Waals surface area contributed by atoms with Crippen molar-refractivity contribution in [3.8, 4) is 0 Å². The molecule has 0 aromatic rings. The van der Waals surface area contributed by atoms with Gasteiger partial charge in [0, 0.05) is 6.04 Å². The summed E-state index contributed by atoms with van der Waals surface area (Å²) in [5.74, 6) is 0. The Morgan fingerprint density at radius 2 is 2.14 bits per heavy atom. The molecule has 0 radical (unpaired) electrons. The normalized spacial score (nSPS) is 13.1. The molecule has 0 rings (SSSR count). The quantitative estimate of drug-likeness (QED) is 0.683. The second kappa shape index (κ2) is 5.51. The average molecular weight is 210 g/mol. The molecule has 3 nitrogen and oxygen atoms in total. The molecule has 6 heteroatoms. The highest BCUT2D eigenvalue weighted by molar-refractivity contribution is 5.74. The number of nitrogens with one attached hydrogen (secondary N) is 2. The van der Waals surface area contributed by atoms with E-state index in [0.717, 1.165) is 0 Å². The van der Waals surface area contributed by atoms with E-state index in [1.165, 1.54) is 0 Å². The smallest absolute Gasteiger partial charge is 0.335 e. The molecular formula is C8H13F3N2O. The van der Waals surface area contributed by atoms with Crippen molar-refractivity contribution in [2.24, 2.45) is 0 Å². The van der Waals surface area contributed by atoms with Crippen molar-refractivity contribution in [1.29, 1.82) is 0 Å². The summed E-state index contributed by atoms with van der Waals surface area (Å²) in [6, 6.07) is -1.04. The van der Waals surface area contributed by atoms with E-state index in [2.05, 4.69) is 11.9 Å². The molecule has 14 heavy (non-hydrogen) atoms. The zero-order chi connectivity index (χ0) is 11.2. The van der Waals surface area contributed by atoms with Crippen molar-refractivity contribution in [3.63, 3.8) is 0 Å². The second-order valence-corrected chi connectivity index (χ2v) is 2.87. The van der Waals surface area contributed by atoms with Gasteiger partial charge in [0.25, 0.3) is 0 Å². The van der Waals surface area contributed by atoms with Crippen LogP contribution in [-0.2, 0) is 0 Å². The van der Waals surface area contributed by atoms with Crippen LogP contribution in [0.1, 0.15) is 13.3 Å². The SMILES string of the molecule is C=CCC(C)NC(=O)NCC(F)(F)F. The van der Waals surface area contributed by atoms with Crippen LogP contribution in [0.25, 0.3) is 0 Å². The second-order valence-electron chi connectivity index (χ2n) is 2.87. The zero-order valence-corrected chi connectivity index (χ0v) is 7.82. The van der Waals surface area contributed by atoms with Crippen molar-refractivity contribution in [2.45, 2.75) is 25.6 Å². The maximum atomic E-state index is 11.6. The summed E-state index contributed by atoms with van der Waals surface area (Å²) >= 11 is 0. The molecule has 0 aliphatic rings. The highest BCUT2D eigenvalue weighted by Gasteiger charge is 2.27. The van der Waals surface area contributed by atoms with Gasteiger partial charge in [0.05, 0.1) is 0 Å². The van der Waals surface area contributed by atoms with Crippen molar-refractivity contribution >= 4 is 6.03 Å². The van der Waals surface area contributed by atoms with E-state index in [-0.39, 0.29) is 6.04 Å². The third-order valence-electron chi connectivity index (χ3n) is 1.35. The van der Waals surface area contributed by atoms with Gasteiger partial charge in [-0.05, 0) is 13.3 Å². The Labute approximate surface area is 80.4 Å². The highest BCUT2D eigenvalue weighted by Crippen LogP contribution is 2.11. The summed E-state index contributed by atoms with van der Waals surface area (Å²) in [6.45, 7) is 3.80. The highest BCUT2D eigenvalue weighted by atomic mass is 19.4.